The molecule has 100 valence electrons. The van der Waals surface area contributed by atoms with E-state index in [1.807, 2.05) is 0 Å². The summed E-state index contributed by atoms with van der Waals surface area (Å²) in [6.45, 7) is 0.107. The highest BCUT2D eigenvalue weighted by atomic mass is 16.6. The number of hydrogen-bond donors (Lipinski definition) is 3. The summed E-state index contributed by atoms with van der Waals surface area (Å²) >= 11 is 0. The van der Waals surface area contributed by atoms with Gasteiger partial charge in [0.05, 0.1) is 0 Å². The average Bonchev–Trinajstić information content (AvgIpc) is 2.65. The molecule has 18 heavy (non-hydrogen) atoms. The first-order valence-electron chi connectivity index (χ1n) is 5.46. The minimum absolute atomic E-state index is 0.107. The number of rotatable bonds is 3. The van der Waals surface area contributed by atoms with Crippen LogP contribution in [0, 0.1) is 0 Å². The highest BCUT2D eigenvalue weighted by Gasteiger charge is 2.44. The van der Waals surface area contributed by atoms with Crippen LogP contribution in [0.4, 0.5) is 0 Å². The van der Waals surface area contributed by atoms with Crippen molar-refractivity contribution < 1.29 is 14.6 Å². The van der Waals surface area contributed by atoms with Gasteiger partial charge in [-0.1, -0.05) is 0 Å². The lowest BCUT2D eigenvalue weighted by Gasteiger charge is -2.19. The summed E-state index contributed by atoms with van der Waals surface area (Å²) in [5.41, 5.74) is 4.33. The molecule has 0 saturated carbocycles. The van der Waals surface area contributed by atoms with E-state index in [1.54, 1.807) is 0 Å². The van der Waals surface area contributed by atoms with Gasteiger partial charge in [-0.15, -0.1) is 0 Å². The lowest BCUT2D eigenvalue weighted by molar-refractivity contribution is -0.0526. The lowest BCUT2D eigenvalue weighted by atomic mass is 10.1. The molecule has 0 unspecified atom stereocenters. The summed E-state index contributed by atoms with van der Waals surface area (Å²) < 4.78 is 11.8. The number of ether oxygens (including phenoxy) is 2. The van der Waals surface area contributed by atoms with Gasteiger partial charge in [-0.05, 0) is 0 Å². The van der Waals surface area contributed by atoms with Gasteiger partial charge in [0, 0.05) is 25.9 Å². The molecule has 1 saturated heterocycles. The molecule has 1 aliphatic rings. The van der Waals surface area contributed by atoms with Crippen LogP contribution in [0.3, 0.4) is 0 Å². The highest BCUT2D eigenvalue weighted by Crippen LogP contribution is 2.29. The van der Waals surface area contributed by atoms with E-state index >= 15 is 0 Å². The summed E-state index contributed by atoms with van der Waals surface area (Å²) in [6.07, 6.45) is -1.78. The summed E-state index contributed by atoms with van der Waals surface area (Å²) in [5.74, 6) is 0. The van der Waals surface area contributed by atoms with Gasteiger partial charge >= 0.3 is 5.69 Å². The van der Waals surface area contributed by atoms with Crippen molar-refractivity contribution in [2.24, 2.45) is 5.73 Å². The fraction of sp³-hybridized carbons (Fsp3) is 0.600. The molecule has 2 heterocycles. The zero-order valence-corrected chi connectivity index (χ0v) is 9.78. The lowest BCUT2D eigenvalue weighted by Crippen LogP contribution is -2.39. The number of aromatic nitrogens is 2. The molecule has 0 spiro atoms. The Labute approximate surface area is 102 Å². The van der Waals surface area contributed by atoms with E-state index in [4.69, 9.17) is 15.2 Å². The molecule has 4 atom stereocenters. The van der Waals surface area contributed by atoms with E-state index in [0.29, 0.717) is 0 Å². The number of H-pyrrole nitrogens is 1. The normalized spacial score (nSPS) is 31.7. The molecular weight excluding hydrogens is 242 g/mol. The fourth-order valence-corrected chi connectivity index (χ4v) is 2.02. The molecule has 4 N–H and O–H groups in total. The zero-order chi connectivity index (χ0) is 13.3. The summed E-state index contributed by atoms with van der Waals surface area (Å²) in [7, 11) is 1.40. The maximum absolute atomic E-state index is 11.6. The Kier molecular flexibility index (Phi) is 3.62. The number of nitrogens with two attached hydrogens (primary N) is 1. The van der Waals surface area contributed by atoms with Gasteiger partial charge in [-0.3, -0.25) is 14.3 Å². The highest BCUT2D eigenvalue weighted by molar-refractivity contribution is 4.94. The van der Waals surface area contributed by atoms with Crippen LogP contribution in [0.25, 0.3) is 0 Å². The molecule has 8 nitrogen and oxygen atoms in total. The number of hydrogen-bond acceptors (Lipinski definition) is 6. The van der Waals surface area contributed by atoms with Gasteiger partial charge in [0.25, 0.3) is 5.56 Å². The van der Waals surface area contributed by atoms with E-state index in [1.165, 1.54) is 19.4 Å². The molecule has 8 heteroatoms. The minimum atomic E-state index is -0.927. The SMILES string of the molecule is CO[C@@H]1[C@H](O)[C@@H](CN)O[C@H]1n1ccc(=O)[nH]c1=O. The van der Waals surface area contributed by atoms with E-state index in [0.717, 1.165) is 4.57 Å². The molecule has 0 bridgehead atoms. The Balaban J connectivity index is 2.38. The van der Waals surface area contributed by atoms with Gasteiger partial charge in [-0.25, -0.2) is 4.79 Å². The van der Waals surface area contributed by atoms with Crippen LogP contribution < -0.4 is 17.0 Å². The largest absolute Gasteiger partial charge is 0.387 e. The molecule has 2 rings (SSSR count). The quantitative estimate of drug-likeness (QED) is 0.563. The molecule has 1 aliphatic heterocycles. The van der Waals surface area contributed by atoms with Crippen molar-refractivity contribution in [1.82, 2.24) is 9.55 Å². The number of aromatic amines is 1. The first kappa shape index (κ1) is 13.0. The number of aliphatic hydroxyl groups is 1. The Bertz CT molecular complexity index is 525. The zero-order valence-electron chi connectivity index (χ0n) is 9.78. The van der Waals surface area contributed by atoms with E-state index in [-0.39, 0.29) is 6.54 Å². The monoisotopic (exact) mass is 257 g/mol. The minimum Gasteiger partial charge on any atom is -0.387 e. The predicted octanol–water partition coefficient (Wildman–Crippen LogP) is -2.23. The van der Waals surface area contributed by atoms with Gasteiger partial charge in [0.2, 0.25) is 0 Å². The molecule has 1 fully saturated rings. The topological polar surface area (TPSA) is 120 Å². The maximum atomic E-state index is 11.6. The van der Waals surface area contributed by atoms with Crippen molar-refractivity contribution in [3.05, 3.63) is 33.1 Å². The van der Waals surface area contributed by atoms with Crippen molar-refractivity contribution >= 4 is 0 Å². The van der Waals surface area contributed by atoms with Gasteiger partial charge in [-0.2, -0.15) is 0 Å². The van der Waals surface area contributed by atoms with Crippen LogP contribution >= 0.6 is 0 Å². The summed E-state index contributed by atoms with van der Waals surface area (Å²) in [6, 6.07) is 1.19. The first-order chi connectivity index (χ1) is 8.58. The molecule has 0 aliphatic carbocycles. The van der Waals surface area contributed by atoms with Crippen molar-refractivity contribution in [2.45, 2.75) is 24.5 Å². The van der Waals surface area contributed by atoms with Crippen LogP contribution in [0.1, 0.15) is 6.23 Å². The Morgan fingerprint density at radius 3 is 2.89 bits per heavy atom. The first-order valence-corrected chi connectivity index (χ1v) is 5.46. The van der Waals surface area contributed by atoms with Crippen LogP contribution in [-0.4, -0.2) is 46.6 Å². The van der Waals surface area contributed by atoms with Crippen molar-refractivity contribution in [1.29, 1.82) is 0 Å². The van der Waals surface area contributed by atoms with E-state index in [9.17, 15) is 14.7 Å². The fourth-order valence-electron chi connectivity index (χ4n) is 2.02. The van der Waals surface area contributed by atoms with Gasteiger partial charge < -0.3 is 20.3 Å². The number of aliphatic hydroxyl groups excluding tert-OH is 1. The van der Waals surface area contributed by atoms with E-state index in [2.05, 4.69) is 4.98 Å². The van der Waals surface area contributed by atoms with Gasteiger partial charge in [0.15, 0.2) is 6.23 Å². The van der Waals surface area contributed by atoms with Crippen molar-refractivity contribution in [3.8, 4) is 0 Å². The second-order valence-corrected chi connectivity index (χ2v) is 4.01. The second-order valence-electron chi connectivity index (χ2n) is 4.01. The molecular formula is C10H15N3O5. The van der Waals surface area contributed by atoms with Crippen molar-refractivity contribution in [2.75, 3.05) is 13.7 Å². The standard InChI is InChI=1S/C10H15N3O5/c1-17-8-7(15)5(4-11)18-9(8)13-3-2-6(14)12-10(13)16/h2-3,5,7-9,15H,4,11H2,1H3,(H,12,14,16)/t5-,7-,8-,9-/m1/s1. The smallest absolute Gasteiger partial charge is 0.330 e. The number of nitrogens with zero attached hydrogens (tertiary/aromatic N) is 1. The third-order valence-electron chi connectivity index (χ3n) is 2.94. The van der Waals surface area contributed by atoms with Crippen LogP contribution in [0.5, 0.6) is 0 Å². The van der Waals surface area contributed by atoms with Gasteiger partial charge in [0.1, 0.15) is 18.3 Å². The average molecular weight is 257 g/mol. The molecule has 0 aromatic carbocycles. The molecule has 0 amide bonds. The summed E-state index contributed by atoms with van der Waals surface area (Å²) in [5, 5.41) is 9.91. The van der Waals surface area contributed by atoms with E-state index < -0.39 is 35.8 Å². The number of methoxy groups -OCH3 is 1. The predicted molar refractivity (Wildman–Crippen MR) is 61.1 cm³/mol. The third-order valence-corrected chi connectivity index (χ3v) is 2.94. The molecule has 1 aromatic heterocycles. The van der Waals surface area contributed by atoms with Crippen molar-refractivity contribution in [3.63, 3.8) is 0 Å². The maximum Gasteiger partial charge on any atom is 0.330 e. The summed E-state index contributed by atoms with van der Waals surface area (Å²) in [4.78, 5) is 24.7. The second kappa shape index (κ2) is 5.02. The third kappa shape index (κ3) is 2.10. The molecule has 1 aromatic rings. The Morgan fingerprint density at radius 1 is 1.61 bits per heavy atom. The van der Waals surface area contributed by atoms with Crippen LogP contribution in [-0.2, 0) is 9.47 Å². The Morgan fingerprint density at radius 2 is 2.33 bits per heavy atom. The van der Waals surface area contributed by atoms with Crippen LogP contribution in [0.15, 0.2) is 21.9 Å². The number of nitrogens with one attached hydrogen (secondary N) is 1. The Hall–Kier alpha value is -1.48. The molecule has 0 radical (unpaired) electrons. The van der Waals surface area contributed by atoms with Crippen LogP contribution in [0.2, 0.25) is 0 Å².